The zero-order valence-electron chi connectivity index (χ0n) is 23.4. The van der Waals surface area contributed by atoms with E-state index in [-0.39, 0.29) is 25.2 Å². The standard InChI is InChI=1S/C26H55N2O5PS/c1-6-7-8-9-10-11-12-13-14-15-16-17-18-19-22-35-24-26(27-25(2)29)23-33-34(30,31)32-21-20-28(3,4)5/h26H,6-24H2,1-5H3,(H-,27,29,30,31)/p+1. The number of hydrogen-bond acceptors (Lipinski definition) is 5. The second-order valence-electron chi connectivity index (χ2n) is 10.7. The van der Waals surface area contributed by atoms with Crippen LogP contribution in [0, 0.1) is 0 Å². The van der Waals surface area contributed by atoms with Gasteiger partial charge in [-0.05, 0) is 12.2 Å². The number of nitrogens with one attached hydrogen (secondary N) is 1. The van der Waals surface area contributed by atoms with Gasteiger partial charge in [-0.1, -0.05) is 90.4 Å². The van der Waals surface area contributed by atoms with Crippen LogP contribution >= 0.6 is 19.6 Å². The molecule has 210 valence electrons. The van der Waals surface area contributed by atoms with Gasteiger partial charge in [-0.3, -0.25) is 13.8 Å². The molecular formula is C26H56N2O5PS+. The molecule has 0 spiro atoms. The fourth-order valence-corrected chi connectivity index (χ4v) is 5.49. The van der Waals surface area contributed by atoms with E-state index >= 15 is 0 Å². The van der Waals surface area contributed by atoms with Crippen LogP contribution in [-0.2, 0) is 18.4 Å². The fraction of sp³-hybridized carbons (Fsp3) is 0.962. The fourth-order valence-electron chi connectivity index (χ4n) is 3.69. The molecule has 2 unspecified atom stereocenters. The van der Waals surface area contributed by atoms with E-state index in [4.69, 9.17) is 9.05 Å². The topological polar surface area (TPSA) is 84.9 Å². The average Bonchev–Trinajstić information content (AvgIpc) is 2.75. The van der Waals surface area contributed by atoms with Crippen LogP contribution in [0.2, 0.25) is 0 Å². The summed E-state index contributed by atoms with van der Waals surface area (Å²) in [4.78, 5) is 21.4. The summed E-state index contributed by atoms with van der Waals surface area (Å²) >= 11 is 1.75. The molecule has 9 heteroatoms. The zero-order valence-corrected chi connectivity index (χ0v) is 25.1. The zero-order chi connectivity index (χ0) is 26.4. The molecule has 0 aliphatic heterocycles. The Kier molecular flexibility index (Phi) is 21.9. The number of phosphoric acid groups is 1. The van der Waals surface area contributed by atoms with E-state index in [9.17, 15) is 14.3 Å². The summed E-state index contributed by atoms with van der Waals surface area (Å²) in [5.74, 6) is 1.50. The Balaban J connectivity index is 3.77. The predicted molar refractivity (Wildman–Crippen MR) is 150 cm³/mol. The van der Waals surface area contributed by atoms with E-state index in [0.717, 1.165) is 12.2 Å². The summed E-state index contributed by atoms with van der Waals surface area (Å²) in [5, 5.41) is 2.81. The second kappa shape index (κ2) is 21.9. The first-order valence-electron chi connectivity index (χ1n) is 13.8. The summed E-state index contributed by atoms with van der Waals surface area (Å²) in [6.07, 6.45) is 18.9. The molecule has 0 heterocycles. The molecule has 0 saturated heterocycles. The van der Waals surface area contributed by atoms with Gasteiger partial charge in [0.1, 0.15) is 13.2 Å². The quantitative estimate of drug-likeness (QED) is 0.0778. The van der Waals surface area contributed by atoms with Gasteiger partial charge in [-0.2, -0.15) is 11.8 Å². The molecule has 0 radical (unpaired) electrons. The number of rotatable bonds is 25. The van der Waals surface area contributed by atoms with E-state index in [1.807, 2.05) is 21.1 Å². The smallest absolute Gasteiger partial charge is 0.350 e. The third kappa shape index (κ3) is 26.8. The summed E-state index contributed by atoms with van der Waals surface area (Å²) in [5.41, 5.74) is 0. The van der Waals surface area contributed by atoms with E-state index in [1.54, 1.807) is 11.8 Å². The number of hydrogen-bond donors (Lipinski definition) is 2. The van der Waals surface area contributed by atoms with Gasteiger partial charge in [0, 0.05) is 12.7 Å². The van der Waals surface area contributed by atoms with Crippen LogP contribution in [0.1, 0.15) is 104 Å². The van der Waals surface area contributed by atoms with Crippen LogP contribution in [0.25, 0.3) is 0 Å². The van der Waals surface area contributed by atoms with Crippen molar-refractivity contribution in [3.05, 3.63) is 0 Å². The second-order valence-corrected chi connectivity index (χ2v) is 13.3. The highest BCUT2D eigenvalue weighted by atomic mass is 32.2. The Morgan fingerprint density at radius 2 is 1.37 bits per heavy atom. The highest BCUT2D eigenvalue weighted by Crippen LogP contribution is 2.43. The number of nitrogens with zero attached hydrogens (tertiary/aromatic N) is 1. The Bertz CT molecular complexity index is 560. The third-order valence-corrected chi connectivity index (χ3v) is 8.02. The van der Waals surface area contributed by atoms with Crippen LogP contribution in [0.3, 0.4) is 0 Å². The molecule has 0 aromatic rings. The lowest BCUT2D eigenvalue weighted by atomic mass is 10.0. The van der Waals surface area contributed by atoms with Crippen molar-refractivity contribution in [3.63, 3.8) is 0 Å². The van der Waals surface area contributed by atoms with E-state index in [0.29, 0.717) is 16.8 Å². The van der Waals surface area contributed by atoms with Crippen molar-refractivity contribution in [1.82, 2.24) is 5.32 Å². The molecule has 0 bridgehead atoms. The van der Waals surface area contributed by atoms with Crippen LogP contribution in [0.15, 0.2) is 0 Å². The molecule has 0 saturated carbocycles. The molecule has 2 atom stereocenters. The number of amides is 1. The minimum Gasteiger partial charge on any atom is -0.350 e. The molecule has 2 N–H and O–H groups in total. The number of unbranched alkanes of at least 4 members (excludes halogenated alkanes) is 13. The van der Waals surface area contributed by atoms with E-state index in [2.05, 4.69) is 12.2 Å². The lowest BCUT2D eigenvalue weighted by Gasteiger charge is -2.24. The molecule has 0 rings (SSSR count). The van der Waals surface area contributed by atoms with Crippen LogP contribution in [-0.4, -0.2) is 73.7 Å². The molecule has 0 fully saturated rings. The van der Waals surface area contributed by atoms with Crippen LogP contribution in [0.4, 0.5) is 0 Å². The summed E-state index contributed by atoms with van der Waals surface area (Å²) < 4.78 is 22.9. The number of likely N-dealkylation sites (N-methyl/N-ethyl adjacent to an activating group) is 1. The molecular weight excluding hydrogens is 483 g/mol. The van der Waals surface area contributed by atoms with Crippen molar-refractivity contribution >= 4 is 25.5 Å². The van der Waals surface area contributed by atoms with Gasteiger partial charge in [-0.25, -0.2) is 4.57 Å². The lowest BCUT2D eigenvalue weighted by Crippen LogP contribution is -2.39. The van der Waals surface area contributed by atoms with Gasteiger partial charge in [0.05, 0.1) is 33.8 Å². The Morgan fingerprint density at radius 1 is 0.886 bits per heavy atom. The molecule has 0 aliphatic rings. The van der Waals surface area contributed by atoms with Crippen LogP contribution in [0.5, 0.6) is 0 Å². The van der Waals surface area contributed by atoms with Crippen molar-refractivity contribution in [2.75, 3.05) is 52.4 Å². The minimum atomic E-state index is -4.12. The van der Waals surface area contributed by atoms with Crippen molar-refractivity contribution < 1.29 is 27.8 Å². The highest BCUT2D eigenvalue weighted by molar-refractivity contribution is 7.99. The van der Waals surface area contributed by atoms with Gasteiger partial charge < -0.3 is 14.7 Å². The first-order chi connectivity index (χ1) is 16.6. The highest BCUT2D eigenvalue weighted by Gasteiger charge is 2.24. The Hall–Kier alpha value is -0.110. The maximum Gasteiger partial charge on any atom is 0.472 e. The molecule has 1 amide bonds. The SMILES string of the molecule is CCCCCCCCCCCCCCCCSCC(COP(=O)(O)OCC[N+](C)(C)C)NC(C)=O. The predicted octanol–water partition coefficient (Wildman–Crippen LogP) is 6.55. The van der Waals surface area contributed by atoms with E-state index < -0.39 is 7.82 Å². The summed E-state index contributed by atoms with van der Waals surface area (Å²) in [6, 6.07) is -0.313. The summed E-state index contributed by atoms with van der Waals surface area (Å²) in [6.45, 7) is 4.41. The van der Waals surface area contributed by atoms with Crippen molar-refractivity contribution in [1.29, 1.82) is 0 Å². The monoisotopic (exact) mass is 539 g/mol. The Morgan fingerprint density at radius 3 is 1.83 bits per heavy atom. The van der Waals surface area contributed by atoms with Gasteiger partial charge in [0.25, 0.3) is 0 Å². The third-order valence-electron chi connectivity index (χ3n) is 5.82. The normalized spacial score (nSPS) is 14.6. The van der Waals surface area contributed by atoms with Gasteiger partial charge >= 0.3 is 7.82 Å². The lowest BCUT2D eigenvalue weighted by molar-refractivity contribution is -0.870. The Labute approximate surface area is 220 Å². The summed E-state index contributed by atoms with van der Waals surface area (Å²) in [7, 11) is 1.82. The van der Waals surface area contributed by atoms with Crippen molar-refractivity contribution in [3.8, 4) is 0 Å². The number of carbonyl (C=O) groups is 1. The van der Waals surface area contributed by atoms with Gasteiger partial charge in [0.2, 0.25) is 5.91 Å². The largest absolute Gasteiger partial charge is 0.472 e. The number of phosphoric ester groups is 1. The van der Waals surface area contributed by atoms with Gasteiger partial charge in [0.15, 0.2) is 0 Å². The molecule has 0 aliphatic carbocycles. The maximum atomic E-state index is 12.1. The maximum absolute atomic E-state index is 12.1. The van der Waals surface area contributed by atoms with E-state index in [1.165, 1.54) is 90.4 Å². The first-order valence-corrected chi connectivity index (χ1v) is 16.5. The molecule has 7 nitrogen and oxygen atoms in total. The minimum absolute atomic E-state index is 0.0382. The molecule has 0 aromatic carbocycles. The van der Waals surface area contributed by atoms with Crippen LogP contribution < -0.4 is 5.32 Å². The average molecular weight is 540 g/mol. The van der Waals surface area contributed by atoms with Crippen molar-refractivity contribution in [2.24, 2.45) is 0 Å². The number of thioether (sulfide) groups is 1. The molecule has 0 aromatic heterocycles. The first kappa shape index (κ1) is 34.9. The number of quaternary nitrogens is 1. The van der Waals surface area contributed by atoms with Gasteiger partial charge in [-0.15, -0.1) is 0 Å². The number of carbonyl (C=O) groups excluding carboxylic acids is 1. The molecule has 35 heavy (non-hydrogen) atoms. The van der Waals surface area contributed by atoms with Crippen molar-refractivity contribution in [2.45, 2.75) is 110 Å².